The number of nitrogens with one attached hydrogen (secondary N) is 1. The summed E-state index contributed by atoms with van der Waals surface area (Å²) in [6.45, 7) is -0.128. The van der Waals surface area contributed by atoms with Crippen LogP contribution in [0, 0.1) is 11.6 Å². The van der Waals surface area contributed by atoms with Crippen LogP contribution in [-0.4, -0.2) is 60.7 Å². The van der Waals surface area contributed by atoms with Crippen LogP contribution < -0.4 is 10.2 Å². The molecular formula is C28H28F2N2O6S. The molecule has 2 N–H and O–H groups in total. The lowest BCUT2D eigenvalue weighted by Gasteiger charge is -2.26. The maximum atomic E-state index is 13.8. The first-order valence-electron chi connectivity index (χ1n) is 12.1. The van der Waals surface area contributed by atoms with E-state index >= 15 is 0 Å². The number of aliphatic hydroxyl groups is 1. The van der Waals surface area contributed by atoms with Gasteiger partial charge in [-0.2, -0.15) is 0 Å². The molecule has 4 rings (SSSR count). The first-order chi connectivity index (χ1) is 18.9. The van der Waals surface area contributed by atoms with Crippen molar-refractivity contribution in [3.8, 4) is 16.9 Å². The standard InChI is InChI=1S/C28H28F2N2O6S/c1-36-31-27(34)26-24(38-16-33)10-11-32(26)28(35)19-5-3-4-17(12-19)15-37-20-8-6-18(7-9-20)21-13-22(29)23(30)14-25(21)39-2/h3-9,12-14,24,26,33H,10-11,15-16H2,1-2H3,(H,31,34)/t24-,26-/m0/s1. The van der Waals surface area contributed by atoms with Gasteiger partial charge >= 0.3 is 0 Å². The zero-order valence-corrected chi connectivity index (χ0v) is 22.2. The van der Waals surface area contributed by atoms with Crippen molar-refractivity contribution in [1.29, 1.82) is 0 Å². The fourth-order valence-corrected chi connectivity index (χ4v) is 5.13. The third-order valence-electron chi connectivity index (χ3n) is 6.35. The zero-order valence-electron chi connectivity index (χ0n) is 21.4. The number of hydroxylamine groups is 1. The number of benzene rings is 3. The molecule has 0 bridgehead atoms. The monoisotopic (exact) mass is 558 g/mol. The molecule has 3 aromatic rings. The Morgan fingerprint density at radius 3 is 2.54 bits per heavy atom. The van der Waals surface area contributed by atoms with Crippen molar-refractivity contribution in [3.63, 3.8) is 0 Å². The molecule has 0 spiro atoms. The number of hydrogen-bond donors (Lipinski definition) is 2. The normalized spacial score (nSPS) is 16.8. The van der Waals surface area contributed by atoms with Crippen LogP contribution in [0.4, 0.5) is 8.78 Å². The molecule has 2 amide bonds. The molecule has 1 aliphatic heterocycles. The van der Waals surface area contributed by atoms with Gasteiger partial charge in [0.2, 0.25) is 0 Å². The molecule has 8 nitrogen and oxygen atoms in total. The summed E-state index contributed by atoms with van der Waals surface area (Å²) in [7, 11) is 1.29. The van der Waals surface area contributed by atoms with E-state index in [1.807, 2.05) is 6.07 Å². The van der Waals surface area contributed by atoms with Crippen LogP contribution in [0.1, 0.15) is 22.3 Å². The van der Waals surface area contributed by atoms with Gasteiger partial charge in [0.25, 0.3) is 11.8 Å². The van der Waals surface area contributed by atoms with Crippen molar-refractivity contribution in [1.82, 2.24) is 10.4 Å². The minimum absolute atomic E-state index is 0.172. The van der Waals surface area contributed by atoms with E-state index in [2.05, 4.69) is 5.48 Å². The van der Waals surface area contributed by atoms with Gasteiger partial charge in [-0.3, -0.25) is 14.4 Å². The molecule has 11 heteroatoms. The number of carbonyl (C=O) groups excluding carboxylic acids is 2. The van der Waals surface area contributed by atoms with Crippen molar-refractivity contribution >= 4 is 23.6 Å². The predicted octanol–water partition coefficient (Wildman–Crippen LogP) is 4.16. The number of aliphatic hydroxyl groups excluding tert-OH is 1. The fraction of sp³-hybridized carbons (Fsp3) is 0.286. The van der Waals surface area contributed by atoms with Crippen LogP contribution in [0.25, 0.3) is 11.1 Å². The molecule has 1 aliphatic rings. The van der Waals surface area contributed by atoms with E-state index in [0.717, 1.165) is 11.1 Å². The number of nitrogens with zero attached hydrogens (tertiary/aromatic N) is 1. The van der Waals surface area contributed by atoms with E-state index in [9.17, 15) is 23.5 Å². The Labute approximate surface area is 228 Å². The van der Waals surface area contributed by atoms with Crippen molar-refractivity contribution in [2.24, 2.45) is 0 Å². The van der Waals surface area contributed by atoms with E-state index in [-0.39, 0.29) is 19.1 Å². The second kappa shape index (κ2) is 13.0. The quantitative estimate of drug-likeness (QED) is 0.219. The summed E-state index contributed by atoms with van der Waals surface area (Å²) in [6.07, 6.45) is 1.52. The lowest BCUT2D eigenvalue weighted by atomic mass is 10.1. The lowest BCUT2D eigenvalue weighted by Crippen LogP contribution is -2.50. The molecule has 0 unspecified atom stereocenters. The van der Waals surface area contributed by atoms with Gasteiger partial charge in [0.1, 0.15) is 25.2 Å². The van der Waals surface area contributed by atoms with Gasteiger partial charge in [-0.05, 0) is 65.8 Å². The summed E-state index contributed by atoms with van der Waals surface area (Å²) < 4.78 is 38.6. The molecule has 2 atom stereocenters. The van der Waals surface area contributed by atoms with Crippen molar-refractivity contribution in [3.05, 3.63) is 83.4 Å². The Kier molecular flexibility index (Phi) is 9.52. The maximum absolute atomic E-state index is 13.8. The van der Waals surface area contributed by atoms with E-state index < -0.39 is 36.5 Å². The number of likely N-dealkylation sites (tertiary alicyclic amines) is 1. The average molecular weight is 559 g/mol. The molecule has 0 radical (unpaired) electrons. The number of amides is 2. The molecule has 1 saturated heterocycles. The van der Waals surface area contributed by atoms with Gasteiger partial charge in [0, 0.05) is 17.0 Å². The smallest absolute Gasteiger partial charge is 0.269 e. The third kappa shape index (κ3) is 6.56. The molecule has 3 aromatic carbocycles. The van der Waals surface area contributed by atoms with E-state index in [0.29, 0.717) is 28.2 Å². The number of hydrogen-bond acceptors (Lipinski definition) is 7. The second-order valence-electron chi connectivity index (χ2n) is 8.72. The zero-order chi connectivity index (χ0) is 27.9. The average Bonchev–Trinajstić information content (AvgIpc) is 3.37. The van der Waals surface area contributed by atoms with Gasteiger partial charge in [-0.25, -0.2) is 14.3 Å². The molecule has 0 aliphatic carbocycles. The topological polar surface area (TPSA) is 97.3 Å². The highest BCUT2D eigenvalue weighted by Crippen LogP contribution is 2.33. The minimum atomic E-state index is -0.954. The van der Waals surface area contributed by atoms with Gasteiger partial charge in [0.05, 0.1) is 13.2 Å². The summed E-state index contributed by atoms with van der Waals surface area (Å²) in [4.78, 5) is 32.6. The Hall–Kier alpha value is -3.51. The third-order valence-corrected chi connectivity index (χ3v) is 7.13. The van der Waals surface area contributed by atoms with Crippen LogP contribution in [0.2, 0.25) is 0 Å². The van der Waals surface area contributed by atoms with Crippen molar-refractivity contribution in [2.45, 2.75) is 30.1 Å². The maximum Gasteiger partial charge on any atom is 0.269 e. The molecule has 1 heterocycles. The highest BCUT2D eigenvalue weighted by molar-refractivity contribution is 7.98. The van der Waals surface area contributed by atoms with Gasteiger partial charge < -0.3 is 19.5 Å². The SMILES string of the molecule is CONC(=O)[C@@H]1[C@@H](OCO)CCN1C(=O)c1cccc(COc2ccc(-c3cc(F)c(F)cc3SC)cc2)c1. The van der Waals surface area contributed by atoms with E-state index in [1.165, 1.54) is 35.9 Å². The summed E-state index contributed by atoms with van der Waals surface area (Å²) in [5.41, 5.74) is 4.65. The van der Waals surface area contributed by atoms with Gasteiger partial charge in [-0.15, -0.1) is 11.8 Å². The van der Waals surface area contributed by atoms with Crippen molar-refractivity contribution < 1.29 is 37.8 Å². The summed E-state index contributed by atoms with van der Waals surface area (Å²) in [5.74, 6) is -2.15. The van der Waals surface area contributed by atoms with Crippen LogP contribution in [-0.2, 0) is 21.0 Å². The molecular weight excluding hydrogens is 530 g/mol. The second-order valence-corrected chi connectivity index (χ2v) is 9.56. The largest absolute Gasteiger partial charge is 0.489 e. The number of halogens is 2. The fourth-order valence-electron chi connectivity index (χ4n) is 4.51. The van der Waals surface area contributed by atoms with Gasteiger partial charge in [0.15, 0.2) is 11.6 Å². The first-order valence-corrected chi connectivity index (χ1v) is 13.3. The molecule has 39 heavy (non-hydrogen) atoms. The molecule has 0 aromatic heterocycles. The summed E-state index contributed by atoms with van der Waals surface area (Å²) >= 11 is 1.33. The van der Waals surface area contributed by atoms with Gasteiger partial charge in [-0.1, -0.05) is 24.3 Å². The highest BCUT2D eigenvalue weighted by atomic mass is 32.2. The van der Waals surface area contributed by atoms with Crippen LogP contribution in [0.5, 0.6) is 5.75 Å². The van der Waals surface area contributed by atoms with Crippen molar-refractivity contribution in [2.75, 3.05) is 26.7 Å². The predicted molar refractivity (Wildman–Crippen MR) is 141 cm³/mol. The number of ether oxygens (including phenoxy) is 2. The number of carbonyl (C=O) groups is 2. The first kappa shape index (κ1) is 28.5. The minimum Gasteiger partial charge on any atom is -0.489 e. The van der Waals surface area contributed by atoms with E-state index in [4.69, 9.17) is 14.3 Å². The number of rotatable bonds is 10. The Morgan fingerprint density at radius 1 is 1.10 bits per heavy atom. The van der Waals surface area contributed by atoms with Crippen LogP contribution >= 0.6 is 11.8 Å². The Morgan fingerprint density at radius 2 is 1.85 bits per heavy atom. The highest BCUT2D eigenvalue weighted by Gasteiger charge is 2.43. The molecule has 206 valence electrons. The molecule has 0 saturated carbocycles. The van der Waals surface area contributed by atoms with Crippen LogP contribution in [0.3, 0.4) is 0 Å². The molecule has 1 fully saturated rings. The summed E-state index contributed by atoms with van der Waals surface area (Å²) in [5, 5.41) is 9.17. The van der Waals surface area contributed by atoms with Crippen LogP contribution in [0.15, 0.2) is 65.6 Å². The summed E-state index contributed by atoms with van der Waals surface area (Å²) in [6, 6.07) is 15.3. The number of thioether (sulfide) groups is 1. The lowest BCUT2D eigenvalue weighted by molar-refractivity contribution is -0.141. The Bertz CT molecular complexity index is 1320. The van der Waals surface area contributed by atoms with E-state index in [1.54, 1.807) is 48.7 Å². The Balaban J connectivity index is 1.45.